The van der Waals surface area contributed by atoms with E-state index in [1.807, 2.05) is 0 Å². The Kier molecular flexibility index (Phi) is 2.63. The summed E-state index contributed by atoms with van der Waals surface area (Å²) in [6.45, 7) is 3.70. The molecule has 1 unspecified atom stereocenters. The molecule has 2 aliphatic rings. The molecule has 2 saturated heterocycles. The molecule has 0 aromatic carbocycles. The summed E-state index contributed by atoms with van der Waals surface area (Å²) in [7, 11) is 0. The monoisotopic (exact) mass is 171 g/mol. The van der Waals surface area contributed by atoms with E-state index in [1.165, 1.54) is 12.8 Å². The Balaban J connectivity index is 1.83. The largest absolute Gasteiger partial charge is 0.392 e. The Bertz CT molecular complexity index is 143. The third-order valence-electron chi connectivity index (χ3n) is 2.85. The molecule has 1 N–H and O–H groups in total. The summed E-state index contributed by atoms with van der Waals surface area (Å²) in [5.74, 6) is 0. The molecule has 0 bridgehead atoms. The molecule has 0 amide bonds. The third-order valence-corrected chi connectivity index (χ3v) is 2.85. The fourth-order valence-electron chi connectivity index (χ4n) is 2.11. The van der Waals surface area contributed by atoms with Crippen LogP contribution in [0.25, 0.3) is 0 Å². The minimum atomic E-state index is -0.0908. The number of aliphatic hydroxyl groups excluding tert-OH is 1. The molecule has 2 fully saturated rings. The van der Waals surface area contributed by atoms with Crippen LogP contribution in [0.2, 0.25) is 0 Å². The minimum Gasteiger partial charge on any atom is -0.392 e. The maximum atomic E-state index is 9.35. The molecule has 2 atom stereocenters. The van der Waals surface area contributed by atoms with Crippen LogP contribution in [0.15, 0.2) is 0 Å². The molecule has 2 aliphatic heterocycles. The highest BCUT2D eigenvalue weighted by atomic mass is 16.5. The van der Waals surface area contributed by atoms with Crippen molar-refractivity contribution in [1.82, 2.24) is 4.90 Å². The van der Waals surface area contributed by atoms with Gasteiger partial charge in [-0.2, -0.15) is 0 Å². The molecule has 2 rings (SSSR count). The molecule has 0 spiro atoms. The van der Waals surface area contributed by atoms with Gasteiger partial charge in [-0.1, -0.05) is 0 Å². The molecule has 2 heterocycles. The Labute approximate surface area is 73.3 Å². The van der Waals surface area contributed by atoms with Crippen molar-refractivity contribution < 1.29 is 9.84 Å². The van der Waals surface area contributed by atoms with Gasteiger partial charge in [0.25, 0.3) is 0 Å². The van der Waals surface area contributed by atoms with Crippen LogP contribution in [0.4, 0.5) is 0 Å². The lowest BCUT2D eigenvalue weighted by Gasteiger charge is -2.30. The summed E-state index contributed by atoms with van der Waals surface area (Å²) in [6, 6.07) is 0.580. The Morgan fingerprint density at radius 2 is 2.25 bits per heavy atom. The maximum Gasteiger partial charge on any atom is 0.0679 e. The van der Waals surface area contributed by atoms with Gasteiger partial charge >= 0.3 is 0 Å². The summed E-state index contributed by atoms with van der Waals surface area (Å²) < 4.78 is 5.41. The number of likely N-dealkylation sites (tertiary alicyclic amines) is 1. The predicted molar refractivity (Wildman–Crippen MR) is 46.0 cm³/mol. The van der Waals surface area contributed by atoms with Gasteiger partial charge in [0.1, 0.15) is 0 Å². The van der Waals surface area contributed by atoms with Crippen LogP contribution in [0.5, 0.6) is 0 Å². The van der Waals surface area contributed by atoms with Gasteiger partial charge in [0, 0.05) is 25.7 Å². The van der Waals surface area contributed by atoms with E-state index in [0.29, 0.717) is 6.04 Å². The van der Waals surface area contributed by atoms with Crippen molar-refractivity contribution in [1.29, 1.82) is 0 Å². The second-order valence-corrected chi connectivity index (χ2v) is 3.81. The second kappa shape index (κ2) is 3.73. The molecule has 3 heteroatoms. The topological polar surface area (TPSA) is 32.7 Å². The van der Waals surface area contributed by atoms with Gasteiger partial charge in [-0.15, -0.1) is 0 Å². The molecule has 0 aromatic heterocycles. The van der Waals surface area contributed by atoms with E-state index in [9.17, 15) is 5.11 Å². The highest BCUT2D eigenvalue weighted by molar-refractivity contribution is 4.82. The van der Waals surface area contributed by atoms with Crippen molar-refractivity contribution in [2.45, 2.75) is 31.4 Å². The van der Waals surface area contributed by atoms with E-state index in [0.717, 1.165) is 32.7 Å². The molecule has 0 aliphatic carbocycles. The fourth-order valence-corrected chi connectivity index (χ4v) is 2.11. The smallest absolute Gasteiger partial charge is 0.0679 e. The lowest BCUT2D eigenvalue weighted by Crippen LogP contribution is -2.40. The predicted octanol–water partition coefficient (Wildman–Crippen LogP) is 0.232. The number of hydrogen-bond acceptors (Lipinski definition) is 3. The first kappa shape index (κ1) is 8.48. The van der Waals surface area contributed by atoms with Crippen molar-refractivity contribution >= 4 is 0 Å². The van der Waals surface area contributed by atoms with Crippen molar-refractivity contribution in [3.05, 3.63) is 0 Å². The van der Waals surface area contributed by atoms with Gasteiger partial charge < -0.3 is 9.84 Å². The van der Waals surface area contributed by atoms with Crippen LogP contribution in [0.1, 0.15) is 19.3 Å². The van der Waals surface area contributed by atoms with Gasteiger partial charge in [0.05, 0.1) is 12.7 Å². The summed E-state index contributed by atoms with van der Waals surface area (Å²) in [4.78, 5) is 2.36. The number of hydrogen-bond donors (Lipinski definition) is 1. The molecule has 70 valence electrons. The van der Waals surface area contributed by atoms with Gasteiger partial charge in [-0.25, -0.2) is 0 Å². The number of β-amino-alcohol motifs (C(OH)–C–C–N with tert-alkyl or cyclic N) is 1. The molecule has 0 radical (unpaired) electrons. The van der Waals surface area contributed by atoms with E-state index in [4.69, 9.17) is 4.74 Å². The zero-order chi connectivity index (χ0) is 8.39. The van der Waals surface area contributed by atoms with Crippen LogP contribution < -0.4 is 0 Å². The van der Waals surface area contributed by atoms with E-state index >= 15 is 0 Å². The Morgan fingerprint density at radius 1 is 1.33 bits per heavy atom. The van der Waals surface area contributed by atoms with Crippen molar-refractivity contribution in [2.24, 2.45) is 0 Å². The SMILES string of the molecule is O[C@H]1CCN(C2CCCOC2)C1. The minimum absolute atomic E-state index is 0.0908. The quantitative estimate of drug-likeness (QED) is 0.613. The van der Waals surface area contributed by atoms with Crippen molar-refractivity contribution in [2.75, 3.05) is 26.3 Å². The van der Waals surface area contributed by atoms with E-state index in [-0.39, 0.29) is 6.10 Å². The maximum absolute atomic E-state index is 9.35. The van der Waals surface area contributed by atoms with Crippen molar-refractivity contribution in [3.63, 3.8) is 0 Å². The Morgan fingerprint density at radius 3 is 2.83 bits per heavy atom. The molecular formula is C9H17NO2. The highest BCUT2D eigenvalue weighted by Crippen LogP contribution is 2.18. The molecule has 3 nitrogen and oxygen atoms in total. The standard InChI is InChI=1S/C9H17NO2/c11-9-3-4-10(6-9)8-2-1-5-12-7-8/h8-9,11H,1-7H2/t8?,9-/m0/s1. The van der Waals surface area contributed by atoms with Crippen LogP contribution in [0.3, 0.4) is 0 Å². The van der Waals surface area contributed by atoms with Gasteiger partial charge in [-0.05, 0) is 19.3 Å². The van der Waals surface area contributed by atoms with Crippen LogP contribution in [0, 0.1) is 0 Å². The lowest BCUT2D eigenvalue weighted by atomic mass is 10.1. The second-order valence-electron chi connectivity index (χ2n) is 3.81. The zero-order valence-electron chi connectivity index (χ0n) is 7.41. The molecule has 0 aromatic rings. The lowest BCUT2D eigenvalue weighted by molar-refractivity contribution is 0.0223. The first-order valence-electron chi connectivity index (χ1n) is 4.86. The molecule has 0 saturated carbocycles. The summed E-state index contributed by atoms with van der Waals surface area (Å²) in [5, 5.41) is 9.35. The average Bonchev–Trinajstić information content (AvgIpc) is 2.54. The average molecular weight is 171 g/mol. The summed E-state index contributed by atoms with van der Waals surface area (Å²) >= 11 is 0. The summed E-state index contributed by atoms with van der Waals surface area (Å²) in [5.41, 5.74) is 0. The normalized spacial score (nSPS) is 38.8. The number of aliphatic hydroxyl groups is 1. The van der Waals surface area contributed by atoms with Crippen molar-refractivity contribution in [3.8, 4) is 0 Å². The first-order chi connectivity index (χ1) is 5.86. The number of nitrogens with zero attached hydrogens (tertiary/aromatic N) is 1. The highest BCUT2D eigenvalue weighted by Gasteiger charge is 2.28. The van der Waals surface area contributed by atoms with Gasteiger partial charge in [0.15, 0.2) is 0 Å². The van der Waals surface area contributed by atoms with E-state index in [1.54, 1.807) is 0 Å². The van der Waals surface area contributed by atoms with Crippen LogP contribution >= 0.6 is 0 Å². The third kappa shape index (κ3) is 1.79. The molecular weight excluding hydrogens is 154 g/mol. The van der Waals surface area contributed by atoms with Gasteiger partial charge in [-0.3, -0.25) is 4.90 Å². The zero-order valence-corrected chi connectivity index (χ0v) is 7.41. The fraction of sp³-hybridized carbons (Fsp3) is 1.00. The number of rotatable bonds is 1. The van der Waals surface area contributed by atoms with Gasteiger partial charge in [0.2, 0.25) is 0 Å². The number of ether oxygens (including phenoxy) is 1. The first-order valence-corrected chi connectivity index (χ1v) is 4.86. The van der Waals surface area contributed by atoms with Crippen LogP contribution in [-0.4, -0.2) is 48.5 Å². The summed E-state index contributed by atoms with van der Waals surface area (Å²) in [6.07, 6.45) is 3.27. The van der Waals surface area contributed by atoms with E-state index < -0.39 is 0 Å². The molecule has 12 heavy (non-hydrogen) atoms. The van der Waals surface area contributed by atoms with Crippen LogP contribution in [-0.2, 0) is 4.74 Å². The Hall–Kier alpha value is -0.120. The van der Waals surface area contributed by atoms with E-state index in [2.05, 4.69) is 4.90 Å².